The van der Waals surface area contributed by atoms with Crippen LogP contribution >= 0.6 is 0 Å². The summed E-state index contributed by atoms with van der Waals surface area (Å²) in [5, 5.41) is 2.09. The molecule has 6 rings (SSSR count). The number of hydrogen-bond donors (Lipinski definition) is 0. The average molecular weight is 497 g/mol. The lowest BCUT2D eigenvalue weighted by molar-refractivity contribution is -0.133. The number of hydrogen-bond acceptors (Lipinski definition) is 5. The number of carbonyl (C=O) groups excluding carboxylic acids is 2. The van der Waals surface area contributed by atoms with Crippen molar-refractivity contribution in [1.29, 1.82) is 0 Å². The Kier molecular flexibility index (Phi) is 6.04. The van der Waals surface area contributed by atoms with Crippen LogP contribution in [-0.4, -0.2) is 41.0 Å². The molecule has 188 valence electrons. The second-order valence-electron chi connectivity index (χ2n) is 9.68. The highest BCUT2D eigenvalue weighted by Crippen LogP contribution is 2.33. The van der Waals surface area contributed by atoms with E-state index in [4.69, 9.17) is 13.9 Å². The van der Waals surface area contributed by atoms with Gasteiger partial charge in [0.05, 0.1) is 6.54 Å². The molecule has 1 fully saturated rings. The van der Waals surface area contributed by atoms with Crippen LogP contribution in [0.1, 0.15) is 40.3 Å². The molecule has 1 saturated carbocycles. The molecule has 1 aliphatic carbocycles. The van der Waals surface area contributed by atoms with E-state index in [1.54, 1.807) is 9.80 Å². The topological polar surface area (TPSA) is 72.2 Å². The van der Waals surface area contributed by atoms with Crippen LogP contribution in [0.4, 0.5) is 0 Å². The van der Waals surface area contributed by atoms with Crippen molar-refractivity contribution in [3.8, 4) is 11.5 Å². The lowest BCUT2D eigenvalue weighted by Crippen LogP contribution is -2.43. The monoisotopic (exact) mass is 496 g/mol. The summed E-state index contributed by atoms with van der Waals surface area (Å²) >= 11 is 0. The van der Waals surface area contributed by atoms with E-state index >= 15 is 0 Å². The van der Waals surface area contributed by atoms with Crippen molar-refractivity contribution in [3.05, 3.63) is 95.4 Å². The Bertz CT molecular complexity index is 1470. The Labute approximate surface area is 215 Å². The van der Waals surface area contributed by atoms with Gasteiger partial charge in [-0.25, -0.2) is 0 Å². The zero-order valence-corrected chi connectivity index (χ0v) is 20.7. The maximum Gasteiger partial charge on any atom is 0.254 e. The molecule has 1 aliphatic heterocycles. The molecule has 0 spiro atoms. The Balaban J connectivity index is 1.24. The zero-order valence-electron chi connectivity index (χ0n) is 20.7. The van der Waals surface area contributed by atoms with Gasteiger partial charge in [0.15, 0.2) is 11.5 Å². The number of carbonyl (C=O) groups is 2. The number of fused-ring (bicyclic) bond motifs is 2. The molecule has 37 heavy (non-hydrogen) atoms. The molecule has 0 saturated heterocycles. The molecule has 7 nitrogen and oxygen atoms in total. The van der Waals surface area contributed by atoms with E-state index in [2.05, 4.69) is 0 Å². The van der Waals surface area contributed by atoms with Crippen LogP contribution in [0.5, 0.6) is 11.5 Å². The smallest absolute Gasteiger partial charge is 0.254 e. The first-order valence-electron chi connectivity index (χ1n) is 12.5. The molecule has 4 aromatic rings. The summed E-state index contributed by atoms with van der Waals surface area (Å²) in [5.41, 5.74) is 1.52. The number of aryl methyl sites for hydroxylation is 1. The van der Waals surface area contributed by atoms with Gasteiger partial charge in [0, 0.05) is 18.2 Å². The minimum atomic E-state index is -0.132. The molecular formula is C30H28N2O5. The van der Waals surface area contributed by atoms with E-state index in [-0.39, 0.29) is 31.2 Å². The third-order valence-electron chi connectivity index (χ3n) is 6.86. The van der Waals surface area contributed by atoms with Crippen LogP contribution in [0.3, 0.4) is 0 Å². The fourth-order valence-electron chi connectivity index (χ4n) is 4.74. The first-order valence-corrected chi connectivity index (χ1v) is 12.5. The zero-order chi connectivity index (χ0) is 25.4. The van der Waals surface area contributed by atoms with E-state index < -0.39 is 0 Å². The maximum absolute atomic E-state index is 13.7. The quantitative estimate of drug-likeness (QED) is 0.331. The highest BCUT2D eigenvalue weighted by Gasteiger charge is 2.35. The lowest BCUT2D eigenvalue weighted by atomic mass is 10.1. The summed E-state index contributed by atoms with van der Waals surface area (Å²) in [6, 6.07) is 23.2. The molecule has 1 aromatic heterocycles. The minimum absolute atomic E-state index is 0.0145. The van der Waals surface area contributed by atoms with Gasteiger partial charge in [-0.1, -0.05) is 36.4 Å². The summed E-state index contributed by atoms with van der Waals surface area (Å²) in [5.74, 6) is 2.61. The third kappa shape index (κ3) is 5.03. The Hall–Kier alpha value is -4.26. The summed E-state index contributed by atoms with van der Waals surface area (Å²) < 4.78 is 16.7. The van der Waals surface area contributed by atoms with Crippen molar-refractivity contribution in [3.63, 3.8) is 0 Å². The van der Waals surface area contributed by atoms with Crippen LogP contribution in [0, 0.1) is 6.92 Å². The van der Waals surface area contributed by atoms with Gasteiger partial charge < -0.3 is 23.7 Å². The van der Waals surface area contributed by atoms with Crippen molar-refractivity contribution in [2.24, 2.45) is 0 Å². The van der Waals surface area contributed by atoms with Crippen LogP contribution in [-0.2, 0) is 17.9 Å². The Morgan fingerprint density at radius 2 is 1.68 bits per heavy atom. The van der Waals surface area contributed by atoms with Crippen molar-refractivity contribution in [1.82, 2.24) is 9.80 Å². The van der Waals surface area contributed by atoms with Gasteiger partial charge >= 0.3 is 0 Å². The molecule has 2 amide bonds. The Morgan fingerprint density at radius 1 is 0.865 bits per heavy atom. The van der Waals surface area contributed by atoms with Gasteiger partial charge in [0.2, 0.25) is 12.7 Å². The van der Waals surface area contributed by atoms with Crippen molar-refractivity contribution < 1.29 is 23.5 Å². The van der Waals surface area contributed by atoms with Gasteiger partial charge in [-0.3, -0.25) is 9.59 Å². The number of ether oxygens (including phenoxy) is 2. The van der Waals surface area contributed by atoms with Gasteiger partial charge in [-0.05, 0) is 72.5 Å². The number of amides is 2. The maximum atomic E-state index is 13.7. The van der Waals surface area contributed by atoms with Crippen LogP contribution in [0.25, 0.3) is 10.8 Å². The van der Waals surface area contributed by atoms with Gasteiger partial charge in [0.25, 0.3) is 5.91 Å². The first kappa shape index (κ1) is 23.2. The SMILES string of the molecule is Cc1ccc(CN(Cc2ccc3c(c2)OCO3)C(=O)CN(C(=O)c2ccc3ccccc3c2)C2CC2)o1. The summed E-state index contributed by atoms with van der Waals surface area (Å²) in [7, 11) is 0. The molecule has 7 heteroatoms. The van der Waals surface area contributed by atoms with E-state index in [1.807, 2.05) is 79.7 Å². The number of furan rings is 1. The van der Waals surface area contributed by atoms with Gasteiger partial charge in [0.1, 0.15) is 18.1 Å². The molecule has 2 heterocycles. The number of nitrogens with zero attached hydrogens (tertiary/aromatic N) is 2. The lowest BCUT2D eigenvalue weighted by Gasteiger charge is -2.27. The summed E-state index contributed by atoms with van der Waals surface area (Å²) in [6.07, 6.45) is 1.82. The molecule has 3 aromatic carbocycles. The van der Waals surface area contributed by atoms with Crippen LogP contribution in [0.2, 0.25) is 0 Å². The van der Waals surface area contributed by atoms with E-state index in [1.165, 1.54) is 0 Å². The van der Waals surface area contributed by atoms with E-state index in [9.17, 15) is 9.59 Å². The number of benzene rings is 3. The molecule has 0 atom stereocenters. The molecule has 0 unspecified atom stereocenters. The van der Waals surface area contributed by atoms with E-state index in [0.717, 1.165) is 34.9 Å². The largest absolute Gasteiger partial charge is 0.464 e. The summed E-state index contributed by atoms with van der Waals surface area (Å²) in [4.78, 5) is 30.8. The first-order chi connectivity index (χ1) is 18.0. The van der Waals surface area contributed by atoms with Gasteiger partial charge in [-0.15, -0.1) is 0 Å². The minimum Gasteiger partial charge on any atom is -0.464 e. The highest BCUT2D eigenvalue weighted by atomic mass is 16.7. The fourth-order valence-corrected chi connectivity index (χ4v) is 4.74. The highest BCUT2D eigenvalue weighted by molar-refractivity contribution is 6.00. The fraction of sp³-hybridized carbons (Fsp3) is 0.267. The van der Waals surface area contributed by atoms with Crippen LogP contribution < -0.4 is 9.47 Å². The van der Waals surface area contributed by atoms with Crippen molar-refractivity contribution in [2.75, 3.05) is 13.3 Å². The van der Waals surface area contributed by atoms with Crippen LogP contribution in [0.15, 0.2) is 77.2 Å². The predicted octanol–water partition coefficient (Wildman–Crippen LogP) is 5.30. The molecule has 0 N–H and O–H groups in total. The Morgan fingerprint density at radius 3 is 2.46 bits per heavy atom. The molecule has 0 radical (unpaired) electrons. The second kappa shape index (κ2) is 9.65. The average Bonchev–Trinajstić information content (AvgIpc) is 3.50. The summed E-state index contributed by atoms with van der Waals surface area (Å²) in [6.45, 7) is 2.76. The standard InChI is InChI=1S/C30H28N2O5/c1-20-6-12-26(37-20)17-31(16-21-7-13-27-28(14-21)36-19-35-27)29(33)18-32(25-10-11-25)30(34)24-9-8-22-4-2-3-5-23(22)15-24/h2-9,12-15,25H,10-11,16-19H2,1H3. The molecular weight excluding hydrogens is 468 g/mol. The van der Waals surface area contributed by atoms with E-state index in [0.29, 0.717) is 35.9 Å². The second-order valence-corrected chi connectivity index (χ2v) is 9.68. The molecule has 2 aliphatic rings. The van der Waals surface area contributed by atoms with Crippen molar-refractivity contribution >= 4 is 22.6 Å². The third-order valence-corrected chi connectivity index (χ3v) is 6.86. The normalized spacial score (nSPS) is 14.1. The number of rotatable bonds is 8. The molecule has 0 bridgehead atoms. The van der Waals surface area contributed by atoms with Gasteiger partial charge in [-0.2, -0.15) is 0 Å². The van der Waals surface area contributed by atoms with Crippen molar-refractivity contribution in [2.45, 2.75) is 38.9 Å². The predicted molar refractivity (Wildman–Crippen MR) is 138 cm³/mol.